The van der Waals surface area contributed by atoms with Gasteiger partial charge in [0.05, 0.1) is 18.9 Å². The topological polar surface area (TPSA) is 63.7 Å². The second-order valence-electron chi connectivity index (χ2n) is 4.38. The van der Waals surface area contributed by atoms with Crippen molar-refractivity contribution in [3.8, 4) is 0 Å². The minimum Gasteiger partial charge on any atom is -0.461 e. The van der Waals surface area contributed by atoms with Crippen molar-refractivity contribution in [1.29, 1.82) is 0 Å². The minimum absolute atomic E-state index is 0.0677. The maximum atomic E-state index is 11.7. The number of halogens is 2. The zero-order chi connectivity index (χ0) is 17.4. The number of nitrogens with zero attached hydrogens (tertiary/aromatic N) is 2. The van der Waals surface area contributed by atoms with Crippen molar-refractivity contribution in [2.75, 3.05) is 43.6 Å². The largest absolute Gasteiger partial charge is 0.461 e. The van der Waals surface area contributed by atoms with Gasteiger partial charge in [0.1, 0.15) is 10.3 Å². The molecule has 6 nitrogen and oxygen atoms in total. The molecular weight excluding hydrogens is 406 g/mol. The van der Waals surface area contributed by atoms with Gasteiger partial charge in [0.2, 0.25) is 0 Å². The molecule has 0 aliphatic carbocycles. The van der Waals surface area contributed by atoms with Gasteiger partial charge in [-0.3, -0.25) is 0 Å². The zero-order valence-electron chi connectivity index (χ0n) is 13.2. The third-order valence-corrected chi connectivity index (χ3v) is 3.86. The Bertz CT molecular complexity index is 574. The summed E-state index contributed by atoms with van der Waals surface area (Å²) in [6, 6.07) is 1.81. The molecular formula is C14H19BrClN3O3S. The highest BCUT2D eigenvalue weighted by atomic mass is 79.9. The first-order chi connectivity index (χ1) is 10.9. The number of pyridine rings is 1. The predicted octanol–water partition coefficient (Wildman–Crippen LogP) is 3.27. The first kappa shape index (κ1) is 20.1. The molecule has 1 rings (SSSR count). The van der Waals surface area contributed by atoms with Crippen LogP contribution in [0, 0.1) is 0 Å². The Morgan fingerprint density at radius 3 is 2.78 bits per heavy atom. The maximum Gasteiger partial charge on any atom is 0.366 e. The molecule has 0 aliphatic rings. The fourth-order valence-electron chi connectivity index (χ4n) is 1.85. The van der Waals surface area contributed by atoms with Gasteiger partial charge in [-0.05, 0) is 35.8 Å². The van der Waals surface area contributed by atoms with Crippen LogP contribution in [0.2, 0.25) is 5.15 Å². The van der Waals surface area contributed by atoms with Crippen LogP contribution in [0.15, 0.2) is 10.7 Å². The number of carbonyl (C=O) groups excluding carboxylic acids is 1. The van der Waals surface area contributed by atoms with Crippen LogP contribution in [-0.4, -0.2) is 49.4 Å². The molecule has 0 saturated heterocycles. The summed E-state index contributed by atoms with van der Waals surface area (Å²) in [4.78, 5) is 17.8. The number of nitrogens with one attached hydrogen (secondary N) is 1. The third-order valence-electron chi connectivity index (χ3n) is 2.91. The molecule has 1 heterocycles. The highest BCUT2D eigenvalue weighted by Crippen LogP contribution is 2.34. The maximum absolute atomic E-state index is 11.7. The van der Waals surface area contributed by atoms with Crippen LogP contribution in [0.1, 0.15) is 13.8 Å². The number of likely N-dealkylation sites (N-methyl/N-ethyl adjacent to an activating group) is 1. The molecule has 23 heavy (non-hydrogen) atoms. The van der Waals surface area contributed by atoms with Gasteiger partial charge in [0.15, 0.2) is 10.1 Å². The fraction of sp³-hybridized carbons (Fsp3) is 0.500. The summed E-state index contributed by atoms with van der Waals surface area (Å²) in [5.74, 6) is -0.604. The van der Waals surface area contributed by atoms with Crippen LogP contribution in [0.5, 0.6) is 0 Å². The average Bonchev–Trinajstić information content (AvgIpc) is 2.51. The SMILES string of the molecule is CCOC(=O)C(=S)Nc1c(N(CC)CCOC)cc(Br)nc1Cl. The number of hydrogen-bond donors (Lipinski definition) is 1. The van der Waals surface area contributed by atoms with Crippen molar-refractivity contribution < 1.29 is 14.3 Å². The van der Waals surface area contributed by atoms with Gasteiger partial charge >= 0.3 is 5.97 Å². The molecule has 0 amide bonds. The Kier molecular flexibility index (Phi) is 8.75. The lowest BCUT2D eigenvalue weighted by molar-refractivity contribution is -0.134. The van der Waals surface area contributed by atoms with Crippen LogP contribution < -0.4 is 10.2 Å². The Hall–Kier alpha value is -0.960. The lowest BCUT2D eigenvalue weighted by atomic mass is 10.3. The molecule has 0 aliphatic heterocycles. The highest BCUT2D eigenvalue weighted by Gasteiger charge is 2.19. The summed E-state index contributed by atoms with van der Waals surface area (Å²) in [7, 11) is 1.64. The number of thiocarbonyl (C=S) groups is 1. The van der Waals surface area contributed by atoms with E-state index in [1.165, 1.54) is 0 Å². The molecule has 128 valence electrons. The normalized spacial score (nSPS) is 10.3. The van der Waals surface area contributed by atoms with Gasteiger partial charge in [-0.25, -0.2) is 9.78 Å². The standard InChI is InChI=1S/C14H19BrClN3O3S/c1-4-19(6-7-21-3)9-8-10(15)17-12(16)11(9)18-13(23)14(20)22-5-2/h8H,4-7H2,1-3H3,(H,18,23). The molecule has 0 radical (unpaired) electrons. The summed E-state index contributed by atoms with van der Waals surface area (Å²) in [5.41, 5.74) is 1.23. The van der Waals surface area contributed by atoms with Gasteiger partial charge in [0, 0.05) is 20.2 Å². The Balaban J connectivity index is 3.14. The Morgan fingerprint density at radius 2 is 2.22 bits per heavy atom. The van der Waals surface area contributed by atoms with Crippen LogP contribution in [-0.2, 0) is 14.3 Å². The van der Waals surface area contributed by atoms with Crippen LogP contribution >= 0.6 is 39.7 Å². The number of ether oxygens (including phenoxy) is 2. The molecule has 0 fully saturated rings. The molecule has 0 aromatic carbocycles. The summed E-state index contributed by atoms with van der Waals surface area (Å²) >= 11 is 14.6. The summed E-state index contributed by atoms with van der Waals surface area (Å²) in [6.45, 7) is 5.88. The number of methoxy groups -OCH3 is 1. The number of anilines is 2. The first-order valence-electron chi connectivity index (χ1n) is 7.02. The second-order valence-corrected chi connectivity index (χ2v) is 5.96. The van der Waals surface area contributed by atoms with Crippen molar-refractivity contribution in [1.82, 2.24) is 4.98 Å². The first-order valence-corrected chi connectivity index (χ1v) is 8.60. The second kappa shape index (κ2) is 10.0. The summed E-state index contributed by atoms with van der Waals surface area (Å²) in [6.07, 6.45) is 0. The lowest BCUT2D eigenvalue weighted by Gasteiger charge is -2.26. The van der Waals surface area contributed by atoms with E-state index in [1.807, 2.05) is 11.8 Å². The molecule has 0 bridgehead atoms. The number of carbonyl (C=O) groups is 1. The molecule has 0 saturated carbocycles. The number of esters is 1. The molecule has 0 atom stereocenters. The van der Waals surface area contributed by atoms with Crippen molar-refractivity contribution in [3.05, 3.63) is 15.8 Å². The number of hydrogen-bond acceptors (Lipinski definition) is 6. The van der Waals surface area contributed by atoms with E-state index >= 15 is 0 Å². The molecule has 1 aromatic rings. The fourth-order valence-corrected chi connectivity index (χ4v) is 2.74. The van der Waals surface area contributed by atoms with Gasteiger partial charge in [-0.2, -0.15) is 0 Å². The Morgan fingerprint density at radius 1 is 1.52 bits per heavy atom. The van der Waals surface area contributed by atoms with E-state index in [9.17, 15) is 4.79 Å². The molecule has 1 N–H and O–H groups in total. The molecule has 9 heteroatoms. The van der Waals surface area contributed by atoms with Crippen LogP contribution in [0.4, 0.5) is 11.4 Å². The monoisotopic (exact) mass is 423 g/mol. The van der Waals surface area contributed by atoms with E-state index in [1.54, 1.807) is 20.1 Å². The van der Waals surface area contributed by atoms with E-state index in [-0.39, 0.29) is 16.7 Å². The summed E-state index contributed by atoms with van der Waals surface area (Å²) < 4.78 is 10.6. The van der Waals surface area contributed by atoms with Crippen LogP contribution in [0.25, 0.3) is 0 Å². The molecule has 1 aromatic heterocycles. The number of aromatic nitrogens is 1. The van der Waals surface area contributed by atoms with Gasteiger partial charge in [-0.1, -0.05) is 23.8 Å². The smallest absolute Gasteiger partial charge is 0.366 e. The van der Waals surface area contributed by atoms with Gasteiger partial charge in [-0.15, -0.1) is 0 Å². The third kappa shape index (κ3) is 5.87. The van der Waals surface area contributed by atoms with E-state index < -0.39 is 5.97 Å². The minimum atomic E-state index is -0.604. The zero-order valence-corrected chi connectivity index (χ0v) is 16.3. The van der Waals surface area contributed by atoms with Crippen molar-refractivity contribution in [2.45, 2.75) is 13.8 Å². The van der Waals surface area contributed by atoms with Crippen LogP contribution in [0.3, 0.4) is 0 Å². The van der Waals surface area contributed by atoms with E-state index in [0.29, 0.717) is 23.4 Å². The lowest BCUT2D eigenvalue weighted by Crippen LogP contribution is -2.30. The summed E-state index contributed by atoms with van der Waals surface area (Å²) in [5, 5.41) is 3.05. The van der Waals surface area contributed by atoms with E-state index in [4.69, 9.17) is 33.3 Å². The quantitative estimate of drug-likeness (QED) is 0.409. The van der Waals surface area contributed by atoms with Gasteiger partial charge in [0.25, 0.3) is 0 Å². The van der Waals surface area contributed by atoms with E-state index in [0.717, 1.165) is 12.2 Å². The molecule has 0 spiro atoms. The average molecular weight is 425 g/mol. The van der Waals surface area contributed by atoms with Crippen molar-refractivity contribution in [2.24, 2.45) is 0 Å². The molecule has 0 unspecified atom stereocenters. The van der Waals surface area contributed by atoms with E-state index in [2.05, 4.69) is 26.2 Å². The Labute approximate surface area is 154 Å². The van der Waals surface area contributed by atoms with Gasteiger partial charge < -0.3 is 19.7 Å². The highest BCUT2D eigenvalue weighted by molar-refractivity contribution is 9.10. The van der Waals surface area contributed by atoms with Crippen molar-refractivity contribution in [3.63, 3.8) is 0 Å². The predicted molar refractivity (Wildman–Crippen MR) is 99.6 cm³/mol. The van der Waals surface area contributed by atoms with Crippen molar-refractivity contribution >= 4 is 62.1 Å². The number of rotatable bonds is 7.